The van der Waals surface area contributed by atoms with E-state index in [2.05, 4.69) is 10.4 Å². The number of furan rings is 1. The van der Waals surface area contributed by atoms with Crippen molar-refractivity contribution in [2.24, 2.45) is 0 Å². The number of rotatable bonds is 6. The van der Waals surface area contributed by atoms with Gasteiger partial charge in [0.15, 0.2) is 5.69 Å². The zero-order chi connectivity index (χ0) is 17.9. The van der Waals surface area contributed by atoms with Gasteiger partial charge in [0, 0.05) is 19.0 Å². The average molecular weight is 345 g/mol. The molecule has 2 unspecified atom stereocenters. The van der Waals surface area contributed by atoms with Crippen LogP contribution in [0.25, 0.3) is 0 Å². The van der Waals surface area contributed by atoms with Crippen molar-refractivity contribution in [1.29, 1.82) is 0 Å². The normalized spacial score (nSPS) is 14.4. The SMILES string of the molecule is CCn1ncc(C(=O)NC(C)CC(O)c2ccco2)c1C(F)(F)F. The lowest BCUT2D eigenvalue weighted by Gasteiger charge is -2.17. The van der Waals surface area contributed by atoms with Gasteiger partial charge in [-0.15, -0.1) is 0 Å². The van der Waals surface area contributed by atoms with E-state index in [0.29, 0.717) is 5.76 Å². The van der Waals surface area contributed by atoms with Gasteiger partial charge in [-0.1, -0.05) is 0 Å². The van der Waals surface area contributed by atoms with E-state index in [1.54, 1.807) is 19.1 Å². The minimum Gasteiger partial charge on any atom is -0.467 e. The molecule has 132 valence electrons. The lowest BCUT2D eigenvalue weighted by atomic mass is 10.1. The van der Waals surface area contributed by atoms with E-state index in [9.17, 15) is 23.1 Å². The minimum atomic E-state index is -4.68. The largest absolute Gasteiger partial charge is 0.467 e. The van der Waals surface area contributed by atoms with Crippen LogP contribution >= 0.6 is 0 Å². The Labute approximate surface area is 136 Å². The van der Waals surface area contributed by atoms with Gasteiger partial charge in [0.2, 0.25) is 0 Å². The van der Waals surface area contributed by atoms with Crippen LogP contribution in [0.15, 0.2) is 29.0 Å². The van der Waals surface area contributed by atoms with Crippen LogP contribution in [-0.4, -0.2) is 26.8 Å². The zero-order valence-corrected chi connectivity index (χ0v) is 13.2. The molecule has 2 atom stereocenters. The summed E-state index contributed by atoms with van der Waals surface area (Å²) in [5.41, 5.74) is -1.62. The summed E-state index contributed by atoms with van der Waals surface area (Å²) in [7, 11) is 0. The number of nitrogens with zero attached hydrogens (tertiary/aromatic N) is 2. The van der Waals surface area contributed by atoms with Gasteiger partial charge in [0.1, 0.15) is 11.9 Å². The number of carbonyl (C=O) groups is 1. The van der Waals surface area contributed by atoms with E-state index >= 15 is 0 Å². The number of aliphatic hydroxyl groups excluding tert-OH is 1. The van der Waals surface area contributed by atoms with Crippen LogP contribution in [0.1, 0.15) is 48.2 Å². The summed E-state index contributed by atoms with van der Waals surface area (Å²) in [6, 6.07) is 2.62. The molecule has 0 spiro atoms. The summed E-state index contributed by atoms with van der Waals surface area (Å²) in [4.78, 5) is 12.2. The van der Waals surface area contributed by atoms with E-state index in [0.717, 1.165) is 10.9 Å². The zero-order valence-electron chi connectivity index (χ0n) is 13.2. The van der Waals surface area contributed by atoms with Crippen LogP contribution in [0.4, 0.5) is 13.2 Å². The molecule has 0 aliphatic carbocycles. The maximum atomic E-state index is 13.1. The molecule has 2 aromatic heterocycles. The first-order chi connectivity index (χ1) is 11.2. The van der Waals surface area contributed by atoms with Gasteiger partial charge < -0.3 is 14.8 Å². The quantitative estimate of drug-likeness (QED) is 0.844. The Balaban J connectivity index is 2.08. The Hall–Kier alpha value is -2.29. The third-order valence-electron chi connectivity index (χ3n) is 3.48. The summed E-state index contributed by atoms with van der Waals surface area (Å²) in [5, 5.41) is 16.0. The molecule has 2 aromatic rings. The van der Waals surface area contributed by atoms with E-state index in [1.165, 1.54) is 13.2 Å². The van der Waals surface area contributed by atoms with Gasteiger partial charge in [0.05, 0.1) is 18.0 Å². The molecule has 0 saturated carbocycles. The van der Waals surface area contributed by atoms with Crippen molar-refractivity contribution in [3.05, 3.63) is 41.6 Å². The molecule has 0 bridgehead atoms. The van der Waals surface area contributed by atoms with Crippen LogP contribution in [0.5, 0.6) is 0 Å². The molecule has 2 rings (SSSR count). The monoisotopic (exact) mass is 345 g/mol. The molecule has 24 heavy (non-hydrogen) atoms. The van der Waals surface area contributed by atoms with Crippen molar-refractivity contribution in [3.63, 3.8) is 0 Å². The lowest BCUT2D eigenvalue weighted by molar-refractivity contribution is -0.144. The van der Waals surface area contributed by atoms with Crippen molar-refractivity contribution >= 4 is 5.91 Å². The molecular weight excluding hydrogens is 327 g/mol. The molecule has 0 fully saturated rings. The first-order valence-electron chi connectivity index (χ1n) is 7.39. The van der Waals surface area contributed by atoms with Gasteiger partial charge in [-0.25, -0.2) is 0 Å². The highest BCUT2D eigenvalue weighted by Crippen LogP contribution is 2.32. The number of amides is 1. The predicted octanol–water partition coefficient (Wildman–Crippen LogP) is 2.76. The molecule has 6 nitrogen and oxygen atoms in total. The molecular formula is C15H18F3N3O3. The number of aromatic nitrogens is 2. The first kappa shape index (κ1) is 18.1. The highest BCUT2D eigenvalue weighted by atomic mass is 19.4. The molecule has 1 amide bonds. The Bertz CT molecular complexity index is 680. The highest BCUT2D eigenvalue weighted by Gasteiger charge is 2.40. The highest BCUT2D eigenvalue weighted by molar-refractivity contribution is 5.95. The molecule has 0 aliphatic heterocycles. The molecule has 2 N–H and O–H groups in total. The summed E-state index contributed by atoms with van der Waals surface area (Å²) in [6.45, 7) is 3.09. The van der Waals surface area contributed by atoms with Gasteiger partial charge >= 0.3 is 6.18 Å². The number of hydrogen-bond donors (Lipinski definition) is 2. The second-order valence-electron chi connectivity index (χ2n) is 5.36. The van der Waals surface area contributed by atoms with E-state index in [-0.39, 0.29) is 13.0 Å². The van der Waals surface area contributed by atoms with Crippen molar-refractivity contribution in [1.82, 2.24) is 15.1 Å². The number of aliphatic hydroxyl groups is 1. The molecule has 2 heterocycles. The van der Waals surface area contributed by atoms with Gasteiger partial charge in [-0.2, -0.15) is 18.3 Å². The van der Waals surface area contributed by atoms with Crippen molar-refractivity contribution < 1.29 is 27.5 Å². The van der Waals surface area contributed by atoms with Crippen LogP contribution < -0.4 is 5.32 Å². The Morgan fingerprint density at radius 1 is 1.50 bits per heavy atom. The maximum Gasteiger partial charge on any atom is 0.433 e. The standard InChI is InChI=1S/C15H18F3N3O3/c1-3-21-13(15(16,17)18)10(8-19-21)14(23)20-9(2)7-11(22)12-5-4-6-24-12/h4-6,8-9,11,22H,3,7H2,1-2H3,(H,20,23). The van der Waals surface area contributed by atoms with E-state index in [1.807, 2.05) is 0 Å². The number of aryl methyl sites for hydroxylation is 1. The fourth-order valence-electron chi connectivity index (χ4n) is 2.38. The summed E-state index contributed by atoms with van der Waals surface area (Å²) < 4.78 is 45.2. The second-order valence-corrected chi connectivity index (χ2v) is 5.36. The smallest absolute Gasteiger partial charge is 0.433 e. The Morgan fingerprint density at radius 2 is 2.21 bits per heavy atom. The number of carbonyl (C=O) groups excluding carboxylic acids is 1. The van der Waals surface area contributed by atoms with Crippen LogP contribution in [0, 0.1) is 0 Å². The summed E-state index contributed by atoms with van der Waals surface area (Å²) >= 11 is 0. The molecule has 0 saturated heterocycles. The number of halogens is 3. The van der Waals surface area contributed by atoms with E-state index < -0.39 is 35.5 Å². The average Bonchev–Trinajstić information content (AvgIpc) is 3.15. The lowest BCUT2D eigenvalue weighted by Crippen LogP contribution is -2.35. The number of nitrogens with one attached hydrogen (secondary N) is 1. The van der Waals surface area contributed by atoms with Crippen LogP contribution in [0.2, 0.25) is 0 Å². The van der Waals surface area contributed by atoms with Gasteiger partial charge in [0.25, 0.3) is 5.91 Å². The maximum absolute atomic E-state index is 13.1. The van der Waals surface area contributed by atoms with Crippen LogP contribution in [-0.2, 0) is 12.7 Å². The molecule has 0 aliphatic rings. The second kappa shape index (κ2) is 7.08. The number of hydrogen-bond acceptors (Lipinski definition) is 4. The fourth-order valence-corrected chi connectivity index (χ4v) is 2.38. The van der Waals surface area contributed by atoms with E-state index in [4.69, 9.17) is 4.42 Å². The van der Waals surface area contributed by atoms with Crippen LogP contribution in [0.3, 0.4) is 0 Å². The van der Waals surface area contributed by atoms with Crippen molar-refractivity contribution in [2.45, 2.75) is 45.1 Å². The van der Waals surface area contributed by atoms with Gasteiger partial charge in [-0.05, 0) is 26.0 Å². The summed E-state index contributed by atoms with van der Waals surface area (Å²) in [5.74, 6) is -0.563. The predicted molar refractivity (Wildman–Crippen MR) is 78.1 cm³/mol. The van der Waals surface area contributed by atoms with Crippen molar-refractivity contribution in [3.8, 4) is 0 Å². The minimum absolute atomic E-state index is 0.00507. The molecule has 0 radical (unpaired) electrons. The topological polar surface area (TPSA) is 80.3 Å². The Morgan fingerprint density at radius 3 is 2.75 bits per heavy atom. The number of alkyl halides is 3. The Kier molecular flexibility index (Phi) is 5.33. The summed E-state index contributed by atoms with van der Waals surface area (Å²) in [6.07, 6.45) is -3.25. The third-order valence-corrected chi connectivity index (χ3v) is 3.48. The van der Waals surface area contributed by atoms with Crippen molar-refractivity contribution in [2.75, 3.05) is 0 Å². The molecule has 9 heteroatoms. The third kappa shape index (κ3) is 3.97. The fraction of sp³-hybridized carbons (Fsp3) is 0.467. The first-order valence-corrected chi connectivity index (χ1v) is 7.39. The molecule has 0 aromatic carbocycles. The van der Waals surface area contributed by atoms with Gasteiger partial charge in [-0.3, -0.25) is 9.48 Å².